The van der Waals surface area contributed by atoms with Crippen molar-refractivity contribution in [2.24, 2.45) is 5.73 Å². The predicted molar refractivity (Wildman–Crippen MR) is 73.3 cm³/mol. The van der Waals surface area contributed by atoms with Crippen LogP contribution in [0.1, 0.15) is 44.3 Å². The number of unbranched alkanes of at least 4 members (excludes halogenated alkanes) is 3. The van der Waals surface area contributed by atoms with Crippen LogP contribution in [-0.2, 0) is 4.74 Å². The summed E-state index contributed by atoms with van der Waals surface area (Å²) in [6.45, 7) is 3.50. The highest BCUT2D eigenvalue weighted by atomic mass is 35.5. The van der Waals surface area contributed by atoms with Gasteiger partial charge in [0.25, 0.3) is 0 Å². The maximum atomic E-state index is 5.85. The van der Waals surface area contributed by atoms with Crippen molar-refractivity contribution >= 4 is 11.6 Å². The Kier molecular flexibility index (Phi) is 7.25. The lowest BCUT2D eigenvalue weighted by Crippen LogP contribution is -2.16. The van der Waals surface area contributed by atoms with Gasteiger partial charge in [0.15, 0.2) is 0 Å². The van der Waals surface area contributed by atoms with Crippen LogP contribution in [0.4, 0.5) is 0 Å². The van der Waals surface area contributed by atoms with Gasteiger partial charge in [-0.2, -0.15) is 0 Å². The Balaban J connectivity index is 2.35. The molecule has 0 amide bonds. The topological polar surface area (TPSA) is 35.2 Å². The summed E-state index contributed by atoms with van der Waals surface area (Å²) < 4.78 is 5.80. The first-order valence-corrected chi connectivity index (χ1v) is 6.72. The minimum atomic E-state index is -0.00565. The quantitative estimate of drug-likeness (QED) is 0.714. The highest BCUT2D eigenvalue weighted by molar-refractivity contribution is 6.30. The number of rotatable bonds is 8. The Labute approximate surface area is 109 Å². The lowest BCUT2D eigenvalue weighted by molar-refractivity contribution is 0.0558. The smallest absolute Gasteiger partial charge is 0.0947 e. The first kappa shape index (κ1) is 14.5. The lowest BCUT2D eigenvalue weighted by Gasteiger charge is -2.16. The van der Waals surface area contributed by atoms with E-state index >= 15 is 0 Å². The van der Waals surface area contributed by atoms with E-state index in [0.717, 1.165) is 23.6 Å². The monoisotopic (exact) mass is 255 g/mol. The van der Waals surface area contributed by atoms with Gasteiger partial charge in [-0.05, 0) is 24.1 Å². The number of hydrogen-bond donors (Lipinski definition) is 1. The van der Waals surface area contributed by atoms with Crippen LogP contribution in [0.2, 0.25) is 5.02 Å². The van der Waals surface area contributed by atoms with E-state index in [0.29, 0.717) is 6.54 Å². The molecule has 3 heteroatoms. The van der Waals surface area contributed by atoms with Crippen LogP contribution in [0.15, 0.2) is 24.3 Å². The Morgan fingerprint density at radius 1 is 1.18 bits per heavy atom. The van der Waals surface area contributed by atoms with Gasteiger partial charge in [0.05, 0.1) is 6.10 Å². The standard InChI is InChI=1S/C14H22ClNO/c1-2-3-4-5-10-17-14(11-16)12-6-8-13(15)9-7-12/h6-9,14H,2-5,10-11,16H2,1H3. The number of nitrogens with two attached hydrogens (primary N) is 1. The summed E-state index contributed by atoms with van der Waals surface area (Å²) in [5.41, 5.74) is 6.83. The molecule has 2 N–H and O–H groups in total. The third-order valence-corrected chi connectivity index (χ3v) is 3.02. The van der Waals surface area contributed by atoms with Crippen LogP contribution in [0, 0.1) is 0 Å². The molecule has 0 aliphatic carbocycles. The third kappa shape index (κ3) is 5.53. The van der Waals surface area contributed by atoms with E-state index in [1.807, 2.05) is 24.3 Å². The highest BCUT2D eigenvalue weighted by Gasteiger charge is 2.09. The fourth-order valence-electron chi connectivity index (χ4n) is 1.73. The Morgan fingerprint density at radius 3 is 2.47 bits per heavy atom. The molecule has 1 atom stereocenters. The van der Waals surface area contributed by atoms with Gasteiger partial charge in [-0.25, -0.2) is 0 Å². The van der Waals surface area contributed by atoms with Crippen molar-refractivity contribution < 1.29 is 4.74 Å². The van der Waals surface area contributed by atoms with Crippen molar-refractivity contribution in [1.82, 2.24) is 0 Å². The SMILES string of the molecule is CCCCCCOC(CN)c1ccc(Cl)cc1. The second-order valence-corrected chi connectivity index (χ2v) is 4.64. The van der Waals surface area contributed by atoms with Crippen LogP contribution in [0.5, 0.6) is 0 Å². The van der Waals surface area contributed by atoms with Crippen LogP contribution in [0.25, 0.3) is 0 Å². The molecule has 0 spiro atoms. The van der Waals surface area contributed by atoms with E-state index in [-0.39, 0.29) is 6.10 Å². The maximum Gasteiger partial charge on any atom is 0.0947 e. The normalized spacial score (nSPS) is 12.6. The first-order chi connectivity index (χ1) is 8.27. The zero-order valence-corrected chi connectivity index (χ0v) is 11.2. The fourth-order valence-corrected chi connectivity index (χ4v) is 1.86. The second kappa shape index (κ2) is 8.51. The number of ether oxygens (including phenoxy) is 1. The molecule has 0 aliphatic heterocycles. The Morgan fingerprint density at radius 2 is 1.88 bits per heavy atom. The van der Waals surface area contributed by atoms with Gasteiger partial charge < -0.3 is 10.5 Å². The van der Waals surface area contributed by atoms with Crippen molar-refractivity contribution in [2.45, 2.75) is 38.7 Å². The Hall–Kier alpha value is -0.570. The summed E-state index contributed by atoms with van der Waals surface area (Å²) in [5.74, 6) is 0. The molecule has 1 aromatic rings. The van der Waals surface area contributed by atoms with E-state index in [2.05, 4.69) is 6.92 Å². The third-order valence-electron chi connectivity index (χ3n) is 2.77. The molecule has 1 unspecified atom stereocenters. The average molecular weight is 256 g/mol. The van der Waals surface area contributed by atoms with Gasteiger partial charge in [0, 0.05) is 18.2 Å². The summed E-state index contributed by atoms with van der Waals surface area (Å²) in [7, 11) is 0. The van der Waals surface area contributed by atoms with Crippen LogP contribution < -0.4 is 5.73 Å². The van der Waals surface area contributed by atoms with Gasteiger partial charge in [-0.3, -0.25) is 0 Å². The molecule has 1 rings (SSSR count). The molecule has 0 fully saturated rings. The molecule has 96 valence electrons. The van der Waals surface area contributed by atoms with Crippen molar-refractivity contribution in [3.8, 4) is 0 Å². The molecule has 2 nitrogen and oxygen atoms in total. The fraction of sp³-hybridized carbons (Fsp3) is 0.571. The number of hydrogen-bond acceptors (Lipinski definition) is 2. The van der Waals surface area contributed by atoms with Crippen LogP contribution >= 0.6 is 11.6 Å². The Bertz CT molecular complexity index is 300. The minimum Gasteiger partial charge on any atom is -0.372 e. The summed E-state index contributed by atoms with van der Waals surface area (Å²) in [4.78, 5) is 0. The largest absolute Gasteiger partial charge is 0.372 e. The van der Waals surface area contributed by atoms with E-state index in [9.17, 15) is 0 Å². The van der Waals surface area contributed by atoms with Gasteiger partial charge >= 0.3 is 0 Å². The van der Waals surface area contributed by atoms with Crippen LogP contribution in [-0.4, -0.2) is 13.2 Å². The van der Waals surface area contributed by atoms with Crippen LogP contribution in [0.3, 0.4) is 0 Å². The van der Waals surface area contributed by atoms with Gasteiger partial charge in [0.2, 0.25) is 0 Å². The average Bonchev–Trinajstić information content (AvgIpc) is 2.35. The molecule has 0 aromatic heterocycles. The molecule has 0 bridgehead atoms. The number of benzene rings is 1. The van der Waals surface area contributed by atoms with E-state index in [1.54, 1.807) is 0 Å². The molecular weight excluding hydrogens is 234 g/mol. The molecular formula is C14H22ClNO. The van der Waals surface area contributed by atoms with Crippen molar-refractivity contribution in [3.63, 3.8) is 0 Å². The number of halogens is 1. The first-order valence-electron chi connectivity index (χ1n) is 6.35. The zero-order chi connectivity index (χ0) is 12.5. The molecule has 1 aromatic carbocycles. The van der Waals surface area contributed by atoms with E-state index < -0.39 is 0 Å². The zero-order valence-electron chi connectivity index (χ0n) is 10.5. The van der Waals surface area contributed by atoms with E-state index in [4.69, 9.17) is 22.1 Å². The molecule has 0 aliphatic rings. The van der Waals surface area contributed by atoms with Gasteiger partial charge in [-0.15, -0.1) is 0 Å². The van der Waals surface area contributed by atoms with E-state index in [1.165, 1.54) is 19.3 Å². The maximum absolute atomic E-state index is 5.85. The van der Waals surface area contributed by atoms with Crippen molar-refractivity contribution in [3.05, 3.63) is 34.9 Å². The second-order valence-electron chi connectivity index (χ2n) is 4.21. The molecule has 0 heterocycles. The van der Waals surface area contributed by atoms with Crippen molar-refractivity contribution in [2.75, 3.05) is 13.2 Å². The van der Waals surface area contributed by atoms with Gasteiger partial charge in [0.1, 0.15) is 0 Å². The molecule has 17 heavy (non-hydrogen) atoms. The summed E-state index contributed by atoms with van der Waals surface area (Å²) in [6, 6.07) is 7.71. The molecule has 0 saturated heterocycles. The predicted octanol–water partition coefficient (Wildman–Crippen LogP) is 3.94. The molecule has 0 radical (unpaired) electrons. The summed E-state index contributed by atoms with van der Waals surface area (Å²) >= 11 is 5.85. The van der Waals surface area contributed by atoms with Crippen molar-refractivity contribution in [1.29, 1.82) is 0 Å². The summed E-state index contributed by atoms with van der Waals surface area (Å²) in [5, 5.41) is 0.743. The minimum absolute atomic E-state index is 0.00565. The van der Waals surface area contributed by atoms with Gasteiger partial charge in [-0.1, -0.05) is 49.9 Å². The summed E-state index contributed by atoms with van der Waals surface area (Å²) in [6.07, 6.45) is 4.86. The highest BCUT2D eigenvalue weighted by Crippen LogP contribution is 2.19. The molecule has 0 saturated carbocycles. The lowest BCUT2D eigenvalue weighted by atomic mass is 10.1.